The highest BCUT2D eigenvalue weighted by molar-refractivity contribution is 6.31. The molecule has 0 bridgehead atoms. The molecule has 3 heterocycles. The van der Waals surface area contributed by atoms with Crippen molar-refractivity contribution in [2.45, 2.75) is 25.0 Å². The number of amides is 1. The van der Waals surface area contributed by atoms with E-state index in [9.17, 15) is 18.4 Å². The van der Waals surface area contributed by atoms with Crippen molar-refractivity contribution in [1.29, 1.82) is 0 Å². The summed E-state index contributed by atoms with van der Waals surface area (Å²) in [5.41, 5.74) is 2.39. The van der Waals surface area contributed by atoms with Gasteiger partial charge in [-0.15, -0.1) is 0 Å². The lowest BCUT2D eigenvalue weighted by Gasteiger charge is -2.38. The Balaban J connectivity index is 1.29. The molecule has 0 aliphatic carbocycles. The van der Waals surface area contributed by atoms with Crippen molar-refractivity contribution in [2.24, 2.45) is 0 Å². The number of esters is 1. The van der Waals surface area contributed by atoms with E-state index in [1.807, 2.05) is 18.2 Å². The molecule has 36 heavy (non-hydrogen) atoms. The summed E-state index contributed by atoms with van der Waals surface area (Å²) < 4.78 is 35.1. The predicted molar refractivity (Wildman–Crippen MR) is 131 cm³/mol. The van der Waals surface area contributed by atoms with Crippen LogP contribution in [0, 0.1) is 11.6 Å². The summed E-state index contributed by atoms with van der Waals surface area (Å²) in [5.74, 6) is -1.79. The molecule has 0 atom stereocenters. The van der Waals surface area contributed by atoms with Crippen molar-refractivity contribution in [2.75, 3.05) is 13.1 Å². The average molecular weight is 507 g/mol. The van der Waals surface area contributed by atoms with E-state index in [4.69, 9.17) is 16.3 Å². The fraction of sp³-hybridized carbons (Fsp3) is 0.214. The number of hydrogen-bond acceptors (Lipinski definition) is 3. The summed E-state index contributed by atoms with van der Waals surface area (Å²) in [6.07, 6.45) is 2.73. The monoisotopic (exact) mass is 506 g/mol. The van der Waals surface area contributed by atoms with Gasteiger partial charge in [0.25, 0.3) is 5.91 Å². The first-order chi connectivity index (χ1) is 17.3. The van der Waals surface area contributed by atoms with Crippen LogP contribution in [0.3, 0.4) is 0 Å². The van der Waals surface area contributed by atoms with Crippen molar-refractivity contribution >= 4 is 34.4 Å². The fourth-order valence-electron chi connectivity index (χ4n) is 5.42. The molecule has 1 amide bonds. The van der Waals surface area contributed by atoms with E-state index in [-0.39, 0.29) is 18.4 Å². The van der Waals surface area contributed by atoms with E-state index in [0.29, 0.717) is 58.5 Å². The smallest absolute Gasteiger partial charge is 0.339 e. The maximum absolute atomic E-state index is 13.8. The lowest BCUT2D eigenvalue weighted by Crippen LogP contribution is -2.45. The molecule has 0 radical (unpaired) electrons. The Hall–Kier alpha value is -3.71. The number of fused-ring (bicyclic) bond motifs is 3. The van der Waals surface area contributed by atoms with Crippen LogP contribution in [0.4, 0.5) is 8.78 Å². The van der Waals surface area contributed by atoms with Crippen molar-refractivity contribution in [3.63, 3.8) is 0 Å². The van der Waals surface area contributed by atoms with Gasteiger partial charge in [0.1, 0.15) is 17.2 Å². The molecule has 0 N–H and O–H groups in total. The minimum absolute atomic E-state index is 0.154. The zero-order valence-corrected chi connectivity index (χ0v) is 19.9. The summed E-state index contributed by atoms with van der Waals surface area (Å²) in [6, 6.07) is 16.0. The van der Waals surface area contributed by atoms with Crippen LogP contribution in [0.5, 0.6) is 0 Å². The normalized spacial score (nSPS) is 16.4. The van der Waals surface area contributed by atoms with Crippen molar-refractivity contribution in [3.8, 4) is 0 Å². The summed E-state index contributed by atoms with van der Waals surface area (Å²) in [4.78, 5) is 27.8. The standard InChI is InChI=1S/C28H21ClF2N2O3/c29-18-5-6-21-23(16-33(25(21)13-18)15-17-11-19(30)14-20(31)12-17)26(34)32-9-7-28(8-10-32)24-4-2-1-3-22(24)27(35)36-28/h1-6,11-14,16H,7-10,15H2. The second kappa shape index (κ2) is 8.45. The van der Waals surface area contributed by atoms with E-state index in [2.05, 4.69) is 0 Å². The van der Waals surface area contributed by atoms with Gasteiger partial charge >= 0.3 is 5.97 Å². The molecule has 5 nitrogen and oxygen atoms in total. The molecule has 2 aliphatic heterocycles. The van der Waals surface area contributed by atoms with Crippen LogP contribution >= 0.6 is 11.6 Å². The highest BCUT2D eigenvalue weighted by Gasteiger charge is 2.47. The molecule has 182 valence electrons. The number of rotatable bonds is 3. The lowest BCUT2D eigenvalue weighted by atomic mass is 9.83. The number of nitrogens with zero attached hydrogens (tertiary/aromatic N) is 2. The van der Waals surface area contributed by atoms with E-state index in [1.165, 1.54) is 12.1 Å². The van der Waals surface area contributed by atoms with E-state index >= 15 is 0 Å². The maximum atomic E-state index is 13.8. The molecule has 1 fully saturated rings. The van der Waals surface area contributed by atoms with Gasteiger partial charge in [-0.25, -0.2) is 13.6 Å². The van der Waals surface area contributed by atoms with Crippen LogP contribution in [0.2, 0.25) is 5.02 Å². The maximum Gasteiger partial charge on any atom is 0.339 e. The molecular weight excluding hydrogens is 486 g/mol. The largest absolute Gasteiger partial charge is 0.450 e. The Labute approximate surface area is 210 Å². The first-order valence-electron chi connectivity index (χ1n) is 11.7. The number of carbonyl (C=O) groups is 2. The SMILES string of the molecule is O=C1OC2(CCN(C(=O)c3cn(Cc4cc(F)cc(F)c4)c4cc(Cl)ccc34)CC2)c2ccccc21. The highest BCUT2D eigenvalue weighted by Crippen LogP contribution is 2.44. The van der Waals surface area contributed by atoms with Gasteiger partial charge in [0.05, 0.1) is 16.6 Å². The third-order valence-electron chi connectivity index (χ3n) is 7.13. The van der Waals surface area contributed by atoms with E-state index < -0.39 is 17.2 Å². The van der Waals surface area contributed by atoms with Crippen LogP contribution in [0.1, 0.15) is 44.7 Å². The number of halogens is 3. The third kappa shape index (κ3) is 3.75. The van der Waals surface area contributed by atoms with Crippen LogP contribution in [0.25, 0.3) is 10.9 Å². The Morgan fingerprint density at radius 1 is 1.00 bits per heavy atom. The Morgan fingerprint density at radius 2 is 1.72 bits per heavy atom. The van der Waals surface area contributed by atoms with Gasteiger partial charge in [-0.05, 0) is 35.9 Å². The van der Waals surface area contributed by atoms with Crippen LogP contribution in [-0.2, 0) is 16.9 Å². The van der Waals surface area contributed by atoms with Crippen molar-refractivity contribution < 1.29 is 23.1 Å². The molecule has 3 aromatic carbocycles. The van der Waals surface area contributed by atoms with Crippen molar-refractivity contribution in [3.05, 3.63) is 106 Å². The number of piperidine rings is 1. The number of hydrogen-bond donors (Lipinski definition) is 0. The van der Waals surface area contributed by atoms with Gasteiger partial charge in [-0.3, -0.25) is 4.79 Å². The highest BCUT2D eigenvalue weighted by atomic mass is 35.5. The van der Waals surface area contributed by atoms with Crippen molar-refractivity contribution in [1.82, 2.24) is 9.47 Å². The summed E-state index contributed by atoms with van der Waals surface area (Å²) >= 11 is 6.23. The second-order valence-electron chi connectivity index (χ2n) is 9.33. The summed E-state index contributed by atoms with van der Waals surface area (Å²) in [6.45, 7) is 1.03. The minimum atomic E-state index is -0.701. The topological polar surface area (TPSA) is 51.5 Å². The fourth-order valence-corrected chi connectivity index (χ4v) is 5.59. The first kappa shape index (κ1) is 22.7. The summed E-state index contributed by atoms with van der Waals surface area (Å²) in [7, 11) is 0. The quantitative estimate of drug-likeness (QED) is 0.324. The Kier molecular flexibility index (Phi) is 5.34. The number of likely N-dealkylation sites (tertiary alicyclic amines) is 1. The van der Waals surface area contributed by atoms with Crippen LogP contribution < -0.4 is 0 Å². The van der Waals surface area contributed by atoms with Crippen LogP contribution in [-0.4, -0.2) is 34.4 Å². The third-order valence-corrected chi connectivity index (χ3v) is 7.37. The minimum Gasteiger partial charge on any atom is -0.450 e. The Bertz CT molecular complexity index is 1520. The molecular formula is C28H21ClF2N2O3. The molecule has 1 saturated heterocycles. The zero-order chi connectivity index (χ0) is 25.0. The van der Waals surface area contributed by atoms with Gasteiger partial charge in [0.15, 0.2) is 0 Å². The van der Waals surface area contributed by atoms with Crippen LogP contribution in [0.15, 0.2) is 66.9 Å². The van der Waals surface area contributed by atoms with E-state index in [1.54, 1.807) is 39.9 Å². The molecule has 8 heteroatoms. The second-order valence-corrected chi connectivity index (χ2v) is 9.77. The van der Waals surface area contributed by atoms with Gasteiger partial charge in [0.2, 0.25) is 0 Å². The van der Waals surface area contributed by atoms with Gasteiger partial charge < -0.3 is 14.2 Å². The molecule has 4 aromatic rings. The van der Waals surface area contributed by atoms with E-state index in [0.717, 1.165) is 11.6 Å². The molecule has 6 rings (SSSR count). The molecule has 1 aromatic heterocycles. The molecule has 1 spiro atoms. The van der Waals surface area contributed by atoms with Gasteiger partial charge in [-0.1, -0.05) is 35.9 Å². The lowest BCUT2D eigenvalue weighted by molar-refractivity contribution is -0.0389. The predicted octanol–water partition coefficient (Wildman–Crippen LogP) is 5.92. The average Bonchev–Trinajstić information content (AvgIpc) is 3.33. The Morgan fingerprint density at radius 3 is 2.47 bits per heavy atom. The first-order valence-corrected chi connectivity index (χ1v) is 12.1. The number of aromatic nitrogens is 1. The molecule has 0 saturated carbocycles. The number of ether oxygens (including phenoxy) is 1. The molecule has 0 unspecified atom stereocenters. The van der Waals surface area contributed by atoms with Gasteiger partial charge in [-0.2, -0.15) is 0 Å². The number of benzene rings is 3. The zero-order valence-electron chi connectivity index (χ0n) is 19.1. The number of carbonyl (C=O) groups excluding carboxylic acids is 2. The van der Waals surface area contributed by atoms with Gasteiger partial charge in [0, 0.05) is 60.7 Å². The summed E-state index contributed by atoms with van der Waals surface area (Å²) in [5, 5.41) is 1.20. The molecule has 2 aliphatic rings.